The predicted molar refractivity (Wildman–Crippen MR) is 106 cm³/mol. The summed E-state index contributed by atoms with van der Waals surface area (Å²) in [7, 11) is -3.08. The number of amides is 1. The zero-order valence-electron chi connectivity index (χ0n) is 16.4. The number of sulfonamides is 1. The molecule has 9 heteroatoms. The number of fused-ring (bicyclic) bond motifs is 1. The monoisotopic (exact) mass is 436 g/mol. The molecule has 0 aliphatic carbocycles. The van der Waals surface area contributed by atoms with Crippen LogP contribution in [0.5, 0.6) is 5.75 Å². The molecular weight excluding hydrogens is 414 g/mol. The van der Waals surface area contributed by atoms with E-state index in [2.05, 4.69) is 0 Å². The number of benzene rings is 2. The van der Waals surface area contributed by atoms with Crippen LogP contribution in [0, 0.1) is 5.82 Å². The standard InChI is InChI=1S/C21H22F2N2O4S/c1-29-19-7-6-16(22)11-20(19)30(27,28)25-13-17(23)10-18(25)21(26)24-9-8-14-4-2-3-5-15(14)12-24/h2-7,11,17-18H,8-10,12-13H2,1H3/t17-,18-/m0/s1. The van der Waals surface area contributed by atoms with Crippen molar-refractivity contribution in [2.75, 3.05) is 20.2 Å². The minimum absolute atomic E-state index is 0.0585. The zero-order chi connectivity index (χ0) is 21.5. The van der Waals surface area contributed by atoms with Gasteiger partial charge in [-0.3, -0.25) is 4.79 Å². The van der Waals surface area contributed by atoms with Gasteiger partial charge >= 0.3 is 0 Å². The van der Waals surface area contributed by atoms with E-state index in [9.17, 15) is 22.0 Å². The Bertz CT molecular complexity index is 1080. The first-order valence-electron chi connectivity index (χ1n) is 9.66. The Labute approximate surface area is 174 Å². The van der Waals surface area contributed by atoms with Crippen LogP contribution >= 0.6 is 0 Å². The molecule has 2 aromatic carbocycles. The molecule has 0 aromatic heterocycles. The molecule has 160 valence electrons. The van der Waals surface area contributed by atoms with Crippen LogP contribution in [0.15, 0.2) is 47.4 Å². The maximum absolute atomic E-state index is 14.3. The molecule has 2 atom stereocenters. The van der Waals surface area contributed by atoms with Crippen LogP contribution in [0.4, 0.5) is 8.78 Å². The number of rotatable bonds is 4. The van der Waals surface area contributed by atoms with E-state index < -0.39 is 45.4 Å². The van der Waals surface area contributed by atoms with E-state index in [4.69, 9.17) is 4.74 Å². The molecule has 2 aliphatic rings. The lowest BCUT2D eigenvalue weighted by atomic mass is 9.99. The summed E-state index contributed by atoms with van der Waals surface area (Å²) < 4.78 is 60.5. The molecule has 0 unspecified atom stereocenters. The average molecular weight is 436 g/mol. The van der Waals surface area contributed by atoms with Gasteiger partial charge in [0, 0.05) is 26.1 Å². The molecule has 4 rings (SSSR count). The van der Waals surface area contributed by atoms with E-state index >= 15 is 0 Å². The quantitative estimate of drug-likeness (QED) is 0.739. The second-order valence-corrected chi connectivity index (χ2v) is 9.36. The van der Waals surface area contributed by atoms with Crippen molar-refractivity contribution in [2.24, 2.45) is 0 Å². The molecule has 0 radical (unpaired) electrons. The first-order valence-corrected chi connectivity index (χ1v) is 11.1. The van der Waals surface area contributed by atoms with E-state index in [-0.39, 0.29) is 12.2 Å². The van der Waals surface area contributed by atoms with Crippen molar-refractivity contribution in [2.45, 2.75) is 36.5 Å². The van der Waals surface area contributed by atoms with E-state index in [0.29, 0.717) is 19.5 Å². The lowest BCUT2D eigenvalue weighted by Crippen LogP contribution is -2.49. The van der Waals surface area contributed by atoms with Crippen molar-refractivity contribution < 1.29 is 26.7 Å². The fraction of sp³-hybridized carbons (Fsp3) is 0.381. The van der Waals surface area contributed by atoms with Gasteiger partial charge in [-0.1, -0.05) is 24.3 Å². The molecule has 6 nitrogen and oxygen atoms in total. The second kappa shape index (κ2) is 7.96. The third-order valence-electron chi connectivity index (χ3n) is 5.64. The molecule has 2 aliphatic heterocycles. The van der Waals surface area contributed by atoms with Gasteiger partial charge < -0.3 is 9.64 Å². The van der Waals surface area contributed by atoms with E-state index in [1.807, 2.05) is 24.3 Å². The molecule has 0 saturated carbocycles. The number of methoxy groups -OCH3 is 1. The SMILES string of the molecule is COc1ccc(F)cc1S(=O)(=O)N1C[C@@H](F)C[C@H]1C(=O)N1CCc2ccccc2C1. The van der Waals surface area contributed by atoms with Gasteiger partial charge in [0.15, 0.2) is 0 Å². The summed E-state index contributed by atoms with van der Waals surface area (Å²) in [6.07, 6.45) is -1.06. The van der Waals surface area contributed by atoms with Gasteiger partial charge in [-0.25, -0.2) is 17.2 Å². The van der Waals surface area contributed by atoms with Crippen LogP contribution in [-0.4, -0.2) is 55.9 Å². The number of carbonyl (C=O) groups excluding carboxylic acids is 1. The Morgan fingerprint density at radius 3 is 2.63 bits per heavy atom. The van der Waals surface area contributed by atoms with Crippen molar-refractivity contribution in [1.82, 2.24) is 9.21 Å². The summed E-state index contributed by atoms with van der Waals surface area (Å²) in [5.74, 6) is -1.26. The van der Waals surface area contributed by atoms with Gasteiger partial charge in [-0.15, -0.1) is 0 Å². The molecule has 0 bridgehead atoms. The van der Waals surface area contributed by atoms with Gasteiger partial charge in [0.2, 0.25) is 15.9 Å². The highest BCUT2D eigenvalue weighted by atomic mass is 32.2. The Morgan fingerprint density at radius 1 is 1.17 bits per heavy atom. The number of hydrogen-bond acceptors (Lipinski definition) is 4. The van der Waals surface area contributed by atoms with Crippen molar-refractivity contribution in [3.8, 4) is 5.75 Å². The fourth-order valence-corrected chi connectivity index (χ4v) is 5.91. The number of carbonyl (C=O) groups is 1. The highest BCUT2D eigenvalue weighted by Gasteiger charge is 2.46. The first kappa shape index (κ1) is 20.7. The topological polar surface area (TPSA) is 66.9 Å². The van der Waals surface area contributed by atoms with Gasteiger partial charge in [0.25, 0.3) is 0 Å². The van der Waals surface area contributed by atoms with Crippen LogP contribution in [0.25, 0.3) is 0 Å². The van der Waals surface area contributed by atoms with Gasteiger partial charge in [0.05, 0.1) is 7.11 Å². The Balaban J connectivity index is 1.64. The fourth-order valence-electron chi connectivity index (χ4n) is 4.12. The molecule has 1 fully saturated rings. The Hall–Kier alpha value is -2.52. The van der Waals surface area contributed by atoms with E-state index in [1.54, 1.807) is 4.90 Å². The molecule has 1 saturated heterocycles. The van der Waals surface area contributed by atoms with Crippen LogP contribution in [-0.2, 0) is 27.8 Å². The number of halogens is 2. The Morgan fingerprint density at radius 2 is 1.90 bits per heavy atom. The van der Waals surface area contributed by atoms with Crippen molar-refractivity contribution in [3.63, 3.8) is 0 Å². The maximum atomic E-state index is 14.3. The minimum Gasteiger partial charge on any atom is -0.495 e. The van der Waals surface area contributed by atoms with E-state index in [1.165, 1.54) is 13.2 Å². The van der Waals surface area contributed by atoms with Crippen molar-refractivity contribution in [1.29, 1.82) is 0 Å². The summed E-state index contributed by atoms with van der Waals surface area (Å²) >= 11 is 0. The summed E-state index contributed by atoms with van der Waals surface area (Å²) in [4.78, 5) is 14.4. The van der Waals surface area contributed by atoms with E-state index in [0.717, 1.165) is 27.6 Å². The van der Waals surface area contributed by atoms with Crippen LogP contribution in [0.2, 0.25) is 0 Å². The van der Waals surface area contributed by atoms with Crippen LogP contribution < -0.4 is 4.74 Å². The number of alkyl halides is 1. The number of ether oxygens (including phenoxy) is 1. The third-order valence-corrected chi connectivity index (χ3v) is 7.54. The summed E-state index contributed by atoms with van der Waals surface area (Å²) in [5, 5.41) is 0. The smallest absolute Gasteiger partial charge is 0.247 e. The Kier molecular flexibility index (Phi) is 5.50. The van der Waals surface area contributed by atoms with Gasteiger partial charge in [0.1, 0.15) is 28.7 Å². The third kappa shape index (κ3) is 3.67. The molecular formula is C21H22F2N2O4S. The largest absolute Gasteiger partial charge is 0.495 e. The highest BCUT2D eigenvalue weighted by molar-refractivity contribution is 7.89. The molecule has 1 amide bonds. The zero-order valence-corrected chi connectivity index (χ0v) is 17.2. The molecule has 0 N–H and O–H groups in total. The molecule has 30 heavy (non-hydrogen) atoms. The molecule has 0 spiro atoms. The summed E-state index contributed by atoms with van der Waals surface area (Å²) in [6, 6.07) is 9.66. The van der Waals surface area contributed by atoms with Crippen LogP contribution in [0.1, 0.15) is 17.5 Å². The van der Waals surface area contributed by atoms with Crippen LogP contribution in [0.3, 0.4) is 0 Å². The van der Waals surface area contributed by atoms with Gasteiger partial charge in [-0.2, -0.15) is 4.31 Å². The second-order valence-electron chi connectivity index (χ2n) is 7.50. The molecule has 2 heterocycles. The van der Waals surface area contributed by atoms with Crippen molar-refractivity contribution >= 4 is 15.9 Å². The number of nitrogens with zero attached hydrogens (tertiary/aromatic N) is 2. The van der Waals surface area contributed by atoms with Gasteiger partial charge in [-0.05, 0) is 35.7 Å². The summed E-state index contributed by atoms with van der Waals surface area (Å²) in [6.45, 7) is 0.322. The predicted octanol–water partition coefficient (Wildman–Crippen LogP) is 2.52. The lowest BCUT2D eigenvalue weighted by molar-refractivity contribution is -0.135. The highest BCUT2D eigenvalue weighted by Crippen LogP contribution is 2.34. The summed E-state index contributed by atoms with van der Waals surface area (Å²) in [5.41, 5.74) is 2.14. The lowest BCUT2D eigenvalue weighted by Gasteiger charge is -2.33. The molecule has 2 aromatic rings. The minimum atomic E-state index is -4.35. The first-order chi connectivity index (χ1) is 14.3. The normalized spacial score (nSPS) is 22.0. The van der Waals surface area contributed by atoms with Crippen molar-refractivity contribution in [3.05, 3.63) is 59.4 Å². The maximum Gasteiger partial charge on any atom is 0.247 e. The number of hydrogen-bond donors (Lipinski definition) is 0. The average Bonchev–Trinajstić information content (AvgIpc) is 3.15.